The maximum absolute atomic E-state index is 11.9. The molecule has 1 aliphatic rings. The Morgan fingerprint density at radius 3 is 2.21 bits per heavy atom. The molecule has 1 aromatic heterocycles. The number of amides is 2. The Kier molecular flexibility index (Phi) is 4.82. The van der Waals surface area contributed by atoms with Crippen molar-refractivity contribution >= 4 is 35.0 Å². The Balaban J connectivity index is 1.59. The van der Waals surface area contributed by atoms with Crippen LogP contribution in [-0.2, 0) is 17.9 Å². The minimum atomic E-state index is -0.567. The highest BCUT2D eigenvalue weighted by Crippen LogP contribution is 2.30. The number of nitrogens with two attached hydrogens (primary N) is 1. The number of carbonyl (C=O) groups is 2. The molecule has 0 atom stereocenters. The highest BCUT2D eigenvalue weighted by atomic mass is 16.1. The van der Waals surface area contributed by atoms with E-state index in [1.807, 2.05) is 29.2 Å². The van der Waals surface area contributed by atoms with Crippen LogP contribution in [0.25, 0.3) is 0 Å². The van der Waals surface area contributed by atoms with Gasteiger partial charge in [0.1, 0.15) is 11.4 Å². The van der Waals surface area contributed by atoms with Gasteiger partial charge in [0.2, 0.25) is 11.9 Å². The molecule has 2 aromatic carbocycles. The molecule has 0 bridgehead atoms. The number of hydrogen-bond donors (Lipinski definition) is 3. The smallest absolute Gasteiger partial charge is 0.254 e. The first-order valence-electron chi connectivity index (χ1n) is 9.13. The van der Waals surface area contributed by atoms with Gasteiger partial charge in [-0.2, -0.15) is 4.98 Å². The average Bonchev–Trinajstić information content (AvgIpc) is 3.13. The molecule has 146 valence electrons. The summed E-state index contributed by atoms with van der Waals surface area (Å²) in [6, 6.07) is 15.3. The van der Waals surface area contributed by atoms with Crippen molar-refractivity contribution in [2.75, 3.05) is 15.5 Å². The van der Waals surface area contributed by atoms with Crippen molar-refractivity contribution in [3.63, 3.8) is 0 Å². The van der Waals surface area contributed by atoms with E-state index in [9.17, 15) is 9.59 Å². The number of hydrogen-bond acceptors (Lipinski definition) is 6. The molecule has 0 saturated carbocycles. The lowest BCUT2D eigenvalue weighted by atomic mass is 10.1. The predicted octanol–water partition coefficient (Wildman–Crippen LogP) is 2.80. The summed E-state index contributed by atoms with van der Waals surface area (Å²) in [6.07, 6.45) is 1.45. The van der Waals surface area contributed by atoms with E-state index in [4.69, 9.17) is 5.73 Å². The molecule has 0 unspecified atom stereocenters. The Hall–Kier alpha value is -3.94. The van der Waals surface area contributed by atoms with Gasteiger partial charge in [-0.25, -0.2) is 4.98 Å². The summed E-state index contributed by atoms with van der Waals surface area (Å²) >= 11 is 0. The molecule has 29 heavy (non-hydrogen) atoms. The molecule has 0 fully saturated rings. The fourth-order valence-electron chi connectivity index (χ4n) is 3.30. The second kappa shape index (κ2) is 7.59. The lowest BCUT2D eigenvalue weighted by Crippen LogP contribution is -2.23. The summed E-state index contributed by atoms with van der Waals surface area (Å²) in [4.78, 5) is 33.8. The highest BCUT2D eigenvalue weighted by Gasteiger charge is 2.24. The molecule has 4 rings (SSSR count). The van der Waals surface area contributed by atoms with Gasteiger partial charge in [-0.3, -0.25) is 9.59 Å². The number of fused-ring (bicyclic) bond motifs is 1. The average molecular weight is 388 g/mol. The van der Waals surface area contributed by atoms with E-state index in [1.165, 1.54) is 24.2 Å². The van der Waals surface area contributed by atoms with E-state index in [2.05, 4.69) is 32.7 Å². The molecule has 2 amide bonds. The van der Waals surface area contributed by atoms with Crippen molar-refractivity contribution < 1.29 is 9.59 Å². The number of benzene rings is 2. The molecule has 0 aliphatic carbocycles. The molecule has 0 radical (unpaired) electrons. The van der Waals surface area contributed by atoms with Crippen molar-refractivity contribution in [1.82, 2.24) is 9.97 Å². The fourth-order valence-corrected chi connectivity index (χ4v) is 3.30. The lowest BCUT2D eigenvalue weighted by Gasteiger charge is -2.19. The molecule has 4 N–H and O–H groups in total. The van der Waals surface area contributed by atoms with Gasteiger partial charge >= 0.3 is 0 Å². The maximum Gasteiger partial charge on any atom is 0.254 e. The van der Waals surface area contributed by atoms with Crippen molar-refractivity contribution in [3.8, 4) is 0 Å². The quantitative estimate of drug-likeness (QED) is 0.619. The van der Waals surface area contributed by atoms with Gasteiger partial charge in [0.25, 0.3) is 5.91 Å². The summed E-state index contributed by atoms with van der Waals surface area (Å²) < 4.78 is 0. The normalized spacial score (nSPS) is 12.4. The summed E-state index contributed by atoms with van der Waals surface area (Å²) in [5.74, 6) is 0.156. The topological polar surface area (TPSA) is 113 Å². The van der Waals surface area contributed by atoms with Gasteiger partial charge in [-0.15, -0.1) is 0 Å². The van der Waals surface area contributed by atoms with E-state index < -0.39 is 5.91 Å². The summed E-state index contributed by atoms with van der Waals surface area (Å²) in [6.45, 7) is 2.76. The zero-order valence-electron chi connectivity index (χ0n) is 15.8. The molecule has 3 aromatic rings. The SMILES string of the molecule is CC(=O)Nc1ccc(Nc2ncc(C(N)=O)c(N3Cc4ccccc4C3)n2)cc1. The third-order valence-electron chi connectivity index (χ3n) is 4.64. The molecule has 1 aliphatic heterocycles. The fraction of sp³-hybridized carbons (Fsp3) is 0.143. The molecule has 0 spiro atoms. The van der Waals surface area contributed by atoms with Crippen LogP contribution in [0.1, 0.15) is 28.4 Å². The molecule has 0 saturated heterocycles. The second-order valence-corrected chi connectivity index (χ2v) is 6.80. The van der Waals surface area contributed by atoms with Crippen LogP contribution in [0.15, 0.2) is 54.7 Å². The Bertz CT molecular complexity index is 1060. The third kappa shape index (κ3) is 4.01. The van der Waals surface area contributed by atoms with Crippen LogP contribution in [0.3, 0.4) is 0 Å². The zero-order valence-corrected chi connectivity index (χ0v) is 15.8. The summed E-state index contributed by atoms with van der Waals surface area (Å²) in [5, 5.41) is 5.84. The largest absolute Gasteiger partial charge is 0.365 e. The standard InChI is InChI=1S/C21H20N6O2/c1-13(28)24-16-6-8-17(9-7-16)25-21-23-10-18(19(22)29)20(26-21)27-11-14-4-2-3-5-15(14)12-27/h2-10H,11-12H2,1H3,(H2,22,29)(H,24,28)(H,23,25,26). The maximum atomic E-state index is 11.9. The number of rotatable bonds is 5. The lowest BCUT2D eigenvalue weighted by molar-refractivity contribution is -0.114. The third-order valence-corrected chi connectivity index (χ3v) is 4.64. The van der Waals surface area contributed by atoms with E-state index in [0.717, 1.165) is 5.69 Å². The first kappa shape index (κ1) is 18.4. The van der Waals surface area contributed by atoms with Crippen LogP contribution in [0.5, 0.6) is 0 Å². The van der Waals surface area contributed by atoms with Crippen molar-refractivity contribution in [2.45, 2.75) is 20.0 Å². The highest BCUT2D eigenvalue weighted by molar-refractivity contribution is 5.97. The zero-order chi connectivity index (χ0) is 20.4. The van der Waals surface area contributed by atoms with Crippen molar-refractivity contribution in [3.05, 3.63) is 71.4 Å². The van der Waals surface area contributed by atoms with Crippen LogP contribution in [0.4, 0.5) is 23.1 Å². The van der Waals surface area contributed by atoms with Crippen LogP contribution in [0, 0.1) is 0 Å². The van der Waals surface area contributed by atoms with E-state index in [-0.39, 0.29) is 11.5 Å². The number of aromatic nitrogens is 2. The van der Waals surface area contributed by atoms with E-state index in [1.54, 1.807) is 12.1 Å². The van der Waals surface area contributed by atoms with Crippen molar-refractivity contribution in [2.24, 2.45) is 5.73 Å². The van der Waals surface area contributed by atoms with Crippen molar-refractivity contribution in [1.29, 1.82) is 0 Å². The Labute approximate surface area is 167 Å². The number of nitrogens with one attached hydrogen (secondary N) is 2. The minimum absolute atomic E-state index is 0.132. The van der Waals surface area contributed by atoms with Gasteiger partial charge in [-0.05, 0) is 35.4 Å². The first-order valence-corrected chi connectivity index (χ1v) is 9.13. The first-order chi connectivity index (χ1) is 14.0. The van der Waals surface area contributed by atoms with Crippen LogP contribution in [0.2, 0.25) is 0 Å². The van der Waals surface area contributed by atoms with Crippen LogP contribution in [-0.4, -0.2) is 21.8 Å². The summed E-state index contributed by atoms with van der Waals surface area (Å²) in [7, 11) is 0. The minimum Gasteiger partial charge on any atom is -0.365 e. The van der Waals surface area contributed by atoms with Gasteiger partial charge in [-0.1, -0.05) is 24.3 Å². The molecular formula is C21H20N6O2. The van der Waals surface area contributed by atoms with Gasteiger partial charge in [0.05, 0.1) is 0 Å². The number of carbonyl (C=O) groups excluding carboxylic acids is 2. The molecule has 8 nitrogen and oxygen atoms in total. The predicted molar refractivity (Wildman–Crippen MR) is 111 cm³/mol. The monoisotopic (exact) mass is 388 g/mol. The van der Waals surface area contributed by atoms with Gasteiger partial charge in [0, 0.05) is 37.6 Å². The summed E-state index contributed by atoms with van der Waals surface area (Å²) in [5.41, 5.74) is 9.67. The number of nitrogens with zero attached hydrogens (tertiary/aromatic N) is 3. The van der Waals surface area contributed by atoms with Gasteiger partial charge in [0.15, 0.2) is 0 Å². The van der Waals surface area contributed by atoms with Gasteiger partial charge < -0.3 is 21.3 Å². The second-order valence-electron chi connectivity index (χ2n) is 6.80. The molecular weight excluding hydrogens is 368 g/mol. The number of anilines is 4. The van der Waals surface area contributed by atoms with Crippen LogP contribution >= 0.6 is 0 Å². The Morgan fingerprint density at radius 2 is 1.62 bits per heavy atom. The molecule has 8 heteroatoms. The van der Waals surface area contributed by atoms with E-state index in [0.29, 0.717) is 30.5 Å². The molecule has 2 heterocycles. The van der Waals surface area contributed by atoms with Crippen LogP contribution < -0.4 is 21.3 Å². The number of primary amides is 1. The Morgan fingerprint density at radius 1 is 1.00 bits per heavy atom. The van der Waals surface area contributed by atoms with E-state index >= 15 is 0 Å².